The fraction of sp³-hybridized carbons (Fsp3) is 0.364. The van der Waals surface area contributed by atoms with Gasteiger partial charge in [-0.25, -0.2) is 10.7 Å². The van der Waals surface area contributed by atoms with Gasteiger partial charge in [-0.2, -0.15) is 0 Å². The molecule has 3 N–H and O–H groups in total. The minimum Gasteiger partial charge on any atom is -0.478 e. The summed E-state index contributed by atoms with van der Waals surface area (Å²) >= 11 is 0. The lowest BCUT2D eigenvalue weighted by atomic mass is 9.98. The molecule has 0 spiro atoms. The van der Waals surface area contributed by atoms with Crippen LogP contribution in [0.2, 0.25) is 0 Å². The van der Waals surface area contributed by atoms with E-state index in [0.717, 1.165) is 16.7 Å². The highest BCUT2D eigenvalue weighted by molar-refractivity contribution is 5.90. The molecule has 1 aromatic carbocycles. The van der Waals surface area contributed by atoms with Gasteiger partial charge in [0.25, 0.3) is 0 Å². The Morgan fingerprint density at radius 2 is 2.13 bits per heavy atom. The summed E-state index contributed by atoms with van der Waals surface area (Å²) in [7, 11) is 0. The largest absolute Gasteiger partial charge is 0.478 e. The number of nitrogens with two attached hydrogens (primary N) is 1. The van der Waals surface area contributed by atoms with Crippen LogP contribution in [0.5, 0.6) is 0 Å². The Morgan fingerprint density at radius 3 is 2.67 bits per heavy atom. The Morgan fingerprint density at radius 1 is 1.47 bits per heavy atom. The first-order chi connectivity index (χ1) is 7.06. The molecule has 0 radical (unpaired) electrons. The molecule has 82 valence electrons. The van der Waals surface area contributed by atoms with E-state index in [4.69, 9.17) is 11.0 Å². The van der Waals surface area contributed by atoms with Crippen molar-refractivity contribution >= 4 is 5.97 Å². The van der Waals surface area contributed by atoms with Crippen LogP contribution in [0.4, 0.5) is 0 Å². The van der Waals surface area contributed by atoms with Crippen molar-refractivity contribution in [1.82, 2.24) is 0 Å². The summed E-state index contributed by atoms with van der Waals surface area (Å²) in [6.45, 7) is 4.10. The van der Waals surface area contributed by atoms with E-state index in [1.165, 1.54) is 0 Å². The summed E-state index contributed by atoms with van der Waals surface area (Å²) in [5, 5.41) is 8.98. The summed E-state index contributed by atoms with van der Waals surface area (Å²) in [4.78, 5) is 15.4. The molecule has 0 fully saturated rings. The van der Waals surface area contributed by atoms with Gasteiger partial charge < -0.3 is 9.94 Å². The molecule has 4 heteroatoms. The van der Waals surface area contributed by atoms with Crippen LogP contribution < -0.4 is 5.90 Å². The van der Waals surface area contributed by atoms with E-state index in [1.807, 2.05) is 19.9 Å². The molecular formula is C11H15NO3. The Labute approximate surface area is 88.6 Å². The van der Waals surface area contributed by atoms with Crippen LogP contribution >= 0.6 is 0 Å². The summed E-state index contributed by atoms with van der Waals surface area (Å²) in [6, 6.07) is 3.63. The van der Waals surface area contributed by atoms with Gasteiger partial charge in [0, 0.05) is 0 Å². The molecule has 0 bridgehead atoms. The summed E-state index contributed by atoms with van der Waals surface area (Å²) in [5.74, 6) is 4.03. The van der Waals surface area contributed by atoms with Crippen molar-refractivity contribution < 1.29 is 14.7 Å². The molecule has 0 heterocycles. The zero-order chi connectivity index (χ0) is 11.4. The molecule has 1 aromatic rings. The first kappa shape index (κ1) is 11.7. The first-order valence-electron chi connectivity index (χ1n) is 4.71. The first-order valence-corrected chi connectivity index (χ1v) is 4.71. The second-order valence-electron chi connectivity index (χ2n) is 3.51. The molecule has 0 aliphatic rings. The van der Waals surface area contributed by atoms with Gasteiger partial charge >= 0.3 is 5.97 Å². The highest BCUT2D eigenvalue weighted by atomic mass is 16.6. The number of hydrogen-bond donors (Lipinski definition) is 2. The van der Waals surface area contributed by atoms with E-state index >= 15 is 0 Å². The molecule has 0 atom stereocenters. The van der Waals surface area contributed by atoms with Gasteiger partial charge in [0.15, 0.2) is 0 Å². The van der Waals surface area contributed by atoms with Crippen molar-refractivity contribution in [2.45, 2.75) is 20.3 Å². The molecule has 0 aliphatic carbocycles. The fourth-order valence-corrected chi connectivity index (χ4v) is 1.48. The third-order valence-electron chi connectivity index (χ3n) is 2.47. The number of aryl methyl sites for hydroxylation is 1. The number of benzene rings is 1. The molecule has 0 saturated heterocycles. The van der Waals surface area contributed by atoms with Gasteiger partial charge in [-0.05, 0) is 43.0 Å². The third kappa shape index (κ3) is 2.78. The van der Waals surface area contributed by atoms with Crippen LogP contribution in [-0.4, -0.2) is 17.7 Å². The van der Waals surface area contributed by atoms with Gasteiger partial charge in [0.2, 0.25) is 0 Å². The average Bonchev–Trinajstić information content (AvgIpc) is 2.19. The number of hydrogen-bond acceptors (Lipinski definition) is 3. The third-order valence-corrected chi connectivity index (χ3v) is 2.47. The highest BCUT2D eigenvalue weighted by Gasteiger charge is 2.10. The van der Waals surface area contributed by atoms with Crippen LogP contribution in [0, 0.1) is 13.8 Å². The number of carboxylic acid groups (broad SMARTS) is 1. The maximum atomic E-state index is 10.9. The maximum Gasteiger partial charge on any atom is 0.335 e. The van der Waals surface area contributed by atoms with Crippen LogP contribution in [0.25, 0.3) is 0 Å². The molecule has 0 aliphatic heterocycles. The molecule has 0 saturated carbocycles. The quantitative estimate of drug-likeness (QED) is 0.736. The van der Waals surface area contributed by atoms with Crippen molar-refractivity contribution in [1.29, 1.82) is 0 Å². The summed E-state index contributed by atoms with van der Waals surface area (Å²) in [6.07, 6.45) is 0.623. The Bertz CT molecular complexity index is 374. The van der Waals surface area contributed by atoms with E-state index < -0.39 is 5.97 Å². The van der Waals surface area contributed by atoms with Crippen LogP contribution in [0.1, 0.15) is 27.0 Å². The predicted octanol–water partition coefficient (Wildman–Crippen LogP) is 1.43. The lowest BCUT2D eigenvalue weighted by Gasteiger charge is -2.08. The van der Waals surface area contributed by atoms with Crippen molar-refractivity contribution in [2.24, 2.45) is 5.90 Å². The summed E-state index contributed by atoms with van der Waals surface area (Å²) in [5.41, 5.74) is 3.06. The monoisotopic (exact) mass is 209 g/mol. The highest BCUT2D eigenvalue weighted by Crippen LogP contribution is 2.16. The molecule has 0 aromatic heterocycles. The fourth-order valence-electron chi connectivity index (χ4n) is 1.48. The van der Waals surface area contributed by atoms with Gasteiger partial charge in [0.1, 0.15) is 0 Å². The zero-order valence-electron chi connectivity index (χ0n) is 8.91. The minimum absolute atomic E-state index is 0.349. The van der Waals surface area contributed by atoms with Crippen molar-refractivity contribution in [3.05, 3.63) is 34.4 Å². The second-order valence-corrected chi connectivity index (χ2v) is 3.51. The number of rotatable bonds is 4. The van der Waals surface area contributed by atoms with E-state index in [9.17, 15) is 4.79 Å². The van der Waals surface area contributed by atoms with Crippen LogP contribution in [-0.2, 0) is 11.3 Å². The molecular weight excluding hydrogens is 194 g/mol. The SMILES string of the molecule is Cc1cc(CCON)cc(C(=O)O)c1C. The van der Waals surface area contributed by atoms with Crippen molar-refractivity contribution in [2.75, 3.05) is 6.61 Å². The topological polar surface area (TPSA) is 72.5 Å². The van der Waals surface area contributed by atoms with Gasteiger partial charge in [-0.1, -0.05) is 6.07 Å². The van der Waals surface area contributed by atoms with E-state index in [0.29, 0.717) is 18.6 Å². The Balaban J connectivity index is 3.06. The number of carboxylic acids is 1. The van der Waals surface area contributed by atoms with Crippen molar-refractivity contribution in [3.8, 4) is 0 Å². The zero-order valence-corrected chi connectivity index (χ0v) is 8.91. The standard InChI is InChI=1S/C11H15NO3/c1-7-5-9(3-4-15-12)6-10(8(7)2)11(13)14/h5-6H,3-4,12H2,1-2H3,(H,13,14). The number of aromatic carboxylic acids is 1. The van der Waals surface area contributed by atoms with Crippen LogP contribution in [0.15, 0.2) is 12.1 Å². The van der Waals surface area contributed by atoms with E-state index in [2.05, 4.69) is 4.84 Å². The van der Waals surface area contributed by atoms with Gasteiger partial charge in [-0.15, -0.1) is 0 Å². The molecule has 15 heavy (non-hydrogen) atoms. The summed E-state index contributed by atoms with van der Waals surface area (Å²) < 4.78 is 0. The van der Waals surface area contributed by atoms with Gasteiger partial charge in [-0.3, -0.25) is 0 Å². The molecule has 0 amide bonds. The molecule has 0 unspecified atom stereocenters. The molecule has 1 rings (SSSR count). The minimum atomic E-state index is -0.897. The Hall–Kier alpha value is -1.39. The predicted molar refractivity (Wildman–Crippen MR) is 56.7 cm³/mol. The molecule has 4 nitrogen and oxygen atoms in total. The smallest absolute Gasteiger partial charge is 0.335 e. The number of carbonyl (C=O) groups is 1. The lowest BCUT2D eigenvalue weighted by molar-refractivity contribution is 0.0695. The Kier molecular flexibility index (Phi) is 3.82. The average molecular weight is 209 g/mol. The van der Waals surface area contributed by atoms with E-state index in [-0.39, 0.29) is 0 Å². The second kappa shape index (κ2) is 4.91. The van der Waals surface area contributed by atoms with Crippen molar-refractivity contribution in [3.63, 3.8) is 0 Å². The maximum absolute atomic E-state index is 10.9. The van der Waals surface area contributed by atoms with Gasteiger partial charge in [0.05, 0.1) is 12.2 Å². The van der Waals surface area contributed by atoms with E-state index in [1.54, 1.807) is 6.07 Å². The van der Waals surface area contributed by atoms with Crippen LogP contribution in [0.3, 0.4) is 0 Å². The normalized spacial score (nSPS) is 10.3. The lowest BCUT2D eigenvalue weighted by Crippen LogP contribution is -2.07.